The Morgan fingerprint density at radius 2 is 2.04 bits per heavy atom. The Balaban J connectivity index is 1.54. The van der Waals surface area contributed by atoms with Crippen LogP contribution < -0.4 is 10.1 Å². The van der Waals surface area contributed by atoms with Crippen LogP contribution in [0.5, 0.6) is 5.75 Å². The molecule has 7 nitrogen and oxygen atoms in total. The van der Waals surface area contributed by atoms with Gasteiger partial charge in [0.25, 0.3) is 0 Å². The third kappa shape index (κ3) is 3.50. The molecule has 1 atom stereocenters. The predicted octanol–water partition coefficient (Wildman–Crippen LogP) is 4.08. The van der Waals surface area contributed by atoms with Crippen LogP contribution in [0.2, 0.25) is 0 Å². The number of methoxy groups -OCH3 is 1. The van der Waals surface area contributed by atoms with Crippen molar-refractivity contribution in [2.24, 2.45) is 0 Å². The number of urea groups is 1. The van der Waals surface area contributed by atoms with E-state index >= 15 is 0 Å². The summed E-state index contributed by atoms with van der Waals surface area (Å²) in [4.78, 5) is 14.9. The fraction of sp³-hybridized carbons (Fsp3) is 0.550. The second kappa shape index (κ2) is 7.58. The van der Waals surface area contributed by atoms with E-state index in [1.54, 1.807) is 7.11 Å². The lowest BCUT2D eigenvalue weighted by atomic mass is 10.1. The van der Waals surface area contributed by atoms with Crippen molar-refractivity contribution in [3.8, 4) is 5.75 Å². The number of anilines is 1. The molecule has 4 rings (SSSR count). The summed E-state index contributed by atoms with van der Waals surface area (Å²) in [6.45, 7) is 2.72. The smallest absolute Gasteiger partial charge is 0.322 e. The number of aryl methyl sites for hydroxylation is 1. The second-order valence-electron chi connectivity index (χ2n) is 7.52. The molecule has 1 aliphatic carbocycles. The Labute approximate surface area is 159 Å². The second-order valence-corrected chi connectivity index (χ2v) is 7.52. The molecular weight excluding hydrogens is 342 g/mol. The summed E-state index contributed by atoms with van der Waals surface area (Å²) in [5.74, 6) is 1.59. The van der Waals surface area contributed by atoms with Crippen LogP contribution in [0.3, 0.4) is 0 Å². The van der Waals surface area contributed by atoms with Gasteiger partial charge < -0.3 is 19.5 Å². The van der Waals surface area contributed by atoms with Crippen LogP contribution in [0.1, 0.15) is 62.0 Å². The highest BCUT2D eigenvalue weighted by Gasteiger charge is 2.35. The minimum Gasteiger partial charge on any atom is -0.495 e. The molecule has 1 unspecified atom stereocenters. The standard InChI is InChI=1S/C20H27N5O2/c1-14-9-10-18(27-2)16(12-14)22-20(26)24-11-5-8-17(24)19-23-21-13-25(19)15-6-3-4-7-15/h9-10,12-13,15,17H,3-8,11H2,1-2H3,(H,22,26). The van der Waals surface area contributed by atoms with E-state index in [4.69, 9.17) is 4.74 Å². The lowest BCUT2D eigenvalue weighted by Crippen LogP contribution is -2.35. The summed E-state index contributed by atoms with van der Waals surface area (Å²) >= 11 is 0. The zero-order valence-electron chi connectivity index (χ0n) is 16.0. The molecule has 1 aromatic carbocycles. The van der Waals surface area contributed by atoms with Gasteiger partial charge in [0.2, 0.25) is 0 Å². The molecule has 1 aromatic heterocycles. The van der Waals surface area contributed by atoms with Crippen LogP contribution in [-0.2, 0) is 0 Å². The van der Waals surface area contributed by atoms with E-state index in [1.807, 2.05) is 36.4 Å². The first-order valence-corrected chi connectivity index (χ1v) is 9.79. The van der Waals surface area contributed by atoms with Gasteiger partial charge in [-0.25, -0.2) is 4.79 Å². The lowest BCUT2D eigenvalue weighted by Gasteiger charge is -2.26. The molecule has 7 heteroatoms. The maximum atomic E-state index is 13.0. The van der Waals surface area contributed by atoms with Gasteiger partial charge in [-0.1, -0.05) is 18.9 Å². The Kier molecular flexibility index (Phi) is 5.01. The number of benzene rings is 1. The molecule has 1 saturated heterocycles. The number of rotatable bonds is 4. The fourth-order valence-corrected chi connectivity index (χ4v) is 4.34. The number of nitrogens with zero attached hydrogens (tertiary/aromatic N) is 4. The highest BCUT2D eigenvalue weighted by Crippen LogP contribution is 2.36. The number of ether oxygens (including phenoxy) is 1. The van der Waals surface area contributed by atoms with Crippen molar-refractivity contribution >= 4 is 11.7 Å². The van der Waals surface area contributed by atoms with Crippen LogP contribution in [0.4, 0.5) is 10.5 Å². The van der Waals surface area contributed by atoms with Crippen LogP contribution in [0, 0.1) is 6.92 Å². The Bertz CT molecular complexity index is 812. The van der Waals surface area contributed by atoms with Crippen molar-refractivity contribution < 1.29 is 9.53 Å². The maximum absolute atomic E-state index is 13.0. The van der Waals surface area contributed by atoms with Gasteiger partial charge in [0.1, 0.15) is 12.1 Å². The summed E-state index contributed by atoms with van der Waals surface area (Å²) in [6, 6.07) is 6.12. The molecule has 0 bridgehead atoms. The third-order valence-electron chi connectivity index (χ3n) is 5.73. The van der Waals surface area contributed by atoms with Gasteiger partial charge in [0, 0.05) is 12.6 Å². The first-order valence-electron chi connectivity index (χ1n) is 9.79. The SMILES string of the molecule is COc1ccc(C)cc1NC(=O)N1CCCC1c1nncn1C1CCCC1. The highest BCUT2D eigenvalue weighted by atomic mass is 16.5. The van der Waals surface area contributed by atoms with Gasteiger partial charge in [-0.15, -0.1) is 10.2 Å². The summed E-state index contributed by atoms with van der Waals surface area (Å²) in [7, 11) is 1.61. The van der Waals surface area contributed by atoms with Crippen molar-refractivity contribution in [1.29, 1.82) is 0 Å². The molecule has 2 amide bonds. The van der Waals surface area contributed by atoms with E-state index in [2.05, 4.69) is 20.1 Å². The summed E-state index contributed by atoms with van der Waals surface area (Å²) in [5, 5.41) is 11.6. The molecule has 0 radical (unpaired) electrons. The Morgan fingerprint density at radius 1 is 1.22 bits per heavy atom. The number of likely N-dealkylation sites (tertiary alicyclic amines) is 1. The number of carbonyl (C=O) groups excluding carboxylic acids is 1. The van der Waals surface area contributed by atoms with Gasteiger partial charge >= 0.3 is 6.03 Å². The fourth-order valence-electron chi connectivity index (χ4n) is 4.34. The van der Waals surface area contributed by atoms with E-state index in [-0.39, 0.29) is 12.1 Å². The maximum Gasteiger partial charge on any atom is 0.322 e. The van der Waals surface area contributed by atoms with Crippen LogP contribution in [0.15, 0.2) is 24.5 Å². The topological polar surface area (TPSA) is 72.3 Å². The molecule has 1 aliphatic heterocycles. The monoisotopic (exact) mass is 369 g/mol. The quantitative estimate of drug-likeness (QED) is 0.881. The number of carbonyl (C=O) groups is 1. The number of aromatic nitrogens is 3. The number of nitrogens with one attached hydrogen (secondary N) is 1. The van der Waals surface area contributed by atoms with E-state index in [1.165, 1.54) is 25.7 Å². The molecule has 2 heterocycles. The normalized spacial score (nSPS) is 20.2. The third-order valence-corrected chi connectivity index (χ3v) is 5.73. The molecule has 1 N–H and O–H groups in total. The van der Waals surface area contributed by atoms with Crippen molar-refractivity contribution in [2.75, 3.05) is 19.0 Å². The Morgan fingerprint density at radius 3 is 2.81 bits per heavy atom. The molecular formula is C20H27N5O2. The van der Waals surface area contributed by atoms with E-state index in [0.717, 1.165) is 30.8 Å². The largest absolute Gasteiger partial charge is 0.495 e. The predicted molar refractivity (Wildman–Crippen MR) is 103 cm³/mol. The lowest BCUT2D eigenvalue weighted by molar-refractivity contribution is 0.202. The number of hydrogen-bond acceptors (Lipinski definition) is 4. The van der Waals surface area contributed by atoms with Gasteiger partial charge in [-0.05, 0) is 50.3 Å². The molecule has 0 spiro atoms. The van der Waals surface area contributed by atoms with Crippen molar-refractivity contribution in [3.63, 3.8) is 0 Å². The highest BCUT2D eigenvalue weighted by molar-refractivity contribution is 5.91. The van der Waals surface area contributed by atoms with Gasteiger partial charge in [0.15, 0.2) is 5.82 Å². The molecule has 27 heavy (non-hydrogen) atoms. The summed E-state index contributed by atoms with van der Waals surface area (Å²) < 4.78 is 7.59. The first kappa shape index (κ1) is 17.8. The molecule has 2 aromatic rings. The van der Waals surface area contributed by atoms with Gasteiger partial charge in [-0.2, -0.15) is 0 Å². The molecule has 1 saturated carbocycles. The van der Waals surface area contributed by atoms with E-state index in [9.17, 15) is 4.79 Å². The van der Waals surface area contributed by atoms with Crippen LogP contribution >= 0.6 is 0 Å². The summed E-state index contributed by atoms with van der Waals surface area (Å²) in [5.41, 5.74) is 1.77. The van der Waals surface area contributed by atoms with Crippen molar-refractivity contribution in [2.45, 2.75) is 57.5 Å². The average molecular weight is 369 g/mol. The Hall–Kier alpha value is -2.57. The van der Waals surface area contributed by atoms with Crippen LogP contribution in [0.25, 0.3) is 0 Å². The summed E-state index contributed by atoms with van der Waals surface area (Å²) in [6.07, 6.45) is 8.58. The van der Waals surface area contributed by atoms with Crippen LogP contribution in [-0.4, -0.2) is 39.4 Å². The zero-order chi connectivity index (χ0) is 18.8. The van der Waals surface area contributed by atoms with E-state index < -0.39 is 0 Å². The molecule has 2 fully saturated rings. The van der Waals surface area contributed by atoms with Gasteiger partial charge in [0.05, 0.1) is 18.8 Å². The minimum absolute atomic E-state index is 0.0242. The van der Waals surface area contributed by atoms with Crippen molar-refractivity contribution in [3.05, 3.63) is 35.9 Å². The average Bonchev–Trinajstić information content (AvgIpc) is 3.40. The zero-order valence-corrected chi connectivity index (χ0v) is 16.0. The van der Waals surface area contributed by atoms with E-state index in [0.29, 0.717) is 17.5 Å². The number of amides is 2. The first-order chi connectivity index (χ1) is 13.2. The van der Waals surface area contributed by atoms with Crippen molar-refractivity contribution in [1.82, 2.24) is 19.7 Å². The molecule has 2 aliphatic rings. The molecule has 144 valence electrons. The number of hydrogen-bond donors (Lipinski definition) is 1. The van der Waals surface area contributed by atoms with Gasteiger partial charge in [-0.3, -0.25) is 0 Å². The minimum atomic E-state index is -0.109.